The van der Waals surface area contributed by atoms with Crippen LogP contribution in [0.1, 0.15) is 18.4 Å². The Bertz CT molecular complexity index is 442. The SMILES string of the molecule is O=C1CCCN1Cc1ccccc1OCC1CO1. The highest BCUT2D eigenvalue weighted by molar-refractivity contribution is 5.78. The van der Waals surface area contributed by atoms with Crippen LogP contribution in [-0.4, -0.2) is 36.7 Å². The second kappa shape index (κ2) is 4.98. The lowest BCUT2D eigenvalue weighted by molar-refractivity contribution is -0.128. The average molecular weight is 247 g/mol. The van der Waals surface area contributed by atoms with E-state index >= 15 is 0 Å². The number of nitrogens with zero attached hydrogens (tertiary/aromatic N) is 1. The molecule has 2 fully saturated rings. The van der Waals surface area contributed by atoms with Crippen molar-refractivity contribution in [3.63, 3.8) is 0 Å². The van der Waals surface area contributed by atoms with Crippen molar-refractivity contribution < 1.29 is 14.3 Å². The van der Waals surface area contributed by atoms with E-state index in [-0.39, 0.29) is 12.0 Å². The summed E-state index contributed by atoms with van der Waals surface area (Å²) < 4.78 is 10.9. The first-order valence-corrected chi connectivity index (χ1v) is 6.43. The molecule has 0 radical (unpaired) electrons. The van der Waals surface area contributed by atoms with Crippen LogP contribution in [0.4, 0.5) is 0 Å². The molecular formula is C14H17NO3. The molecule has 0 spiro atoms. The highest BCUT2D eigenvalue weighted by Crippen LogP contribution is 2.23. The van der Waals surface area contributed by atoms with Crippen molar-refractivity contribution in [1.29, 1.82) is 0 Å². The van der Waals surface area contributed by atoms with Gasteiger partial charge < -0.3 is 14.4 Å². The zero-order valence-electron chi connectivity index (χ0n) is 10.3. The van der Waals surface area contributed by atoms with Gasteiger partial charge in [0.15, 0.2) is 0 Å². The van der Waals surface area contributed by atoms with Crippen molar-refractivity contribution in [2.45, 2.75) is 25.5 Å². The van der Waals surface area contributed by atoms with Gasteiger partial charge >= 0.3 is 0 Å². The molecule has 1 amide bonds. The molecule has 1 atom stereocenters. The van der Waals surface area contributed by atoms with Crippen LogP contribution in [0.2, 0.25) is 0 Å². The van der Waals surface area contributed by atoms with Crippen LogP contribution in [-0.2, 0) is 16.1 Å². The summed E-state index contributed by atoms with van der Waals surface area (Å²) in [4.78, 5) is 13.5. The van der Waals surface area contributed by atoms with Crippen molar-refractivity contribution in [3.8, 4) is 5.75 Å². The number of benzene rings is 1. The van der Waals surface area contributed by atoms with Crippen molar-refractivity contribution in [3.05, 3.63) is 29.8 Å². The lowest BCUT2D eigenvalue weighted by atomic mass is 10.2. The molecule has 3 rings (SSSR count). The fourth-order valence-corrected chi connectivity index (χ4v) is 2.20. The summed E-state index contributed by atoms with van der Waals surface area (Å²) in [6.07, 6.45) is 1.91. The Hall–Kier alpha value is -1.55. The predicted octanol–water partition coefficient (Wildman–Crippen LogP) is 1.59. The van der Waals surface area contributed by atoms with Gasteiger partial charge in [0.1, 0.15) is 18.5 Å². The minimum Gasteiger partial charge on any atom is -0.490 e. The van der Waals surface area contributed by atoms with Gasteiger partial charge in [-0.1, -0.05) is 18.2 Å². The maximum absolute atomic E-state index is 11.6. The largest absolute Gasteiger partial charge is 0.490 e. The highest BCUT2D eigenvalue weighted by Gasteiger charge is 2.24. The van der Waals surface area contributed by atoms with E-state index in [1.165, 1.54) is 0 Å². The Morgan fingerprint density at radius 2 is 2.22 bits per heavy atom. The molecule has 2 aliphatic rings. The van der Waals surface area contributed by atoms with Gasteiger partial charge in [-0.2, -0.15) is 0 Å². The van der Waals surface area contributed by atoms with Gasteiger partial charge in [0.2, 0.25) is 5.91 Å². The number of hydrogen-bond acceptors (Lipinski definition) is 3. The van der Waals surface area contributed by atoms with E-state index in [9.17, 15) is 4.79 Å². The van der Waals surface area contributed by atoms with Crippen LogP contribution in [0.5, 0.6) is 5.75 Å². The maximum Gasteiger partial charge on any atom is 0.222 e. The summed E-state index contributed by atoms with van der Waals surface area (Å²) in [6.45, 7) is 2.91. The molecule has 1 aromatic rings. The van der Waals surface area contributed by atoms with E-state index in [1.807, 2.05) is 29.2 Å². The first-order chi connectivity index (χ1) is 8.83. The van der Waals surface area contributed by atoms with E-state index < -0.39 is 0 Å². The average Bonchev–Trinajstić information content (AvgIpc) is 3.13. The van der Waals surface area contributed by atoms with Crippen molar-refractivity contribution in [2.75, 3.05) is 19.8 Å². The second-order valence-corrected chi connectivity index (χ2v) is 4.79. The van der Waals surface area contributed by atoms with Crippen molar-refractivity contribution >= 4 is 5.91 Å². The van der Waals surface area contributed by atoms with Crippen LogP contribution in [0, 0.1) is 0 Å². The molecule has 18 heavy (non-hydrogen) atoms. The number of amides is 1. The fraction of sp³-hybridized carbons (Fsp3) is 0.500. The summed E-state index contributed by atoms with van der Waals surface area (Å²) in [5.41, 5.74) is 1.08. The third kappa shape index (κ3) is 2.64. The van der Waals surface area contributed by atoms with E-state index in [0.717, 1.165) is 30.9 Å². The molecule has 0 aromatic heterocycles. The molecule has 2 aliphatic heterocycles. The Balaban J connectivity index is 1.67. The van der Waals surface area contributed by atoms with Gasteiger partial charge in [0.05, 0.1) is 6.61 Å². The van der Waals surface area contributed by atoms with Crippen LogP contribution in [0.3, 0.4) is 0 Å². The normalized spacial score (nSPS) is 22.3. The van der Waals surface area contributed by atoms with Crippen molar-refractivity contribution in [1.82, 2.24) is 4.90 Å². The smallest absolute Gasteiger partial charge is 0.222 e. The summed E-state index contributed by atoms with van der Waals surface area (Å²) in [6, 6.07) is 7.92. The Morgan fingerprint density at radius 1 is 1.39 bits per heavy atom. The number of carbonyl (C=O) groups excluding carboxylic acids is 1. The van der Waals surface area contributed by atoms with Gasteiger partial charge in [0.25, 0.3) is 0 Å². The third-order valence-electron chi connectivity index (χ3n) is 3.33. The van der Waals surface area contributed by atoms with Crippen LogP contribution in [0.25, 0.3) is 0 Å². The third-order valence-corrected chi connectivity index (χ3v) is 3.33. The topological polar surface area (TPSA) is 42.1 Å². The number of para-hydroxylation sites is 1. The second-order valence-electron chi connectivity index (χ2n) is 4.79. The molecule has 1 aromatic carbocycles. The van der Waals surface area contributed by atoms with E-state index in [0.29, 0.717) is 19.6 Å². The van der Waals surface area contributed by atoms with Crippen LogP contribution < -0.4 is 4.74 Å². The fourth-order valence-electron chi connectivity index (χ4n) is 2.20. The van der Waals surface area contributed by atoms with E-state index in [4.69, 9.17) is 9.47 Å². The van der Waals surface area contributed by atoms with Crippen molar-refractivity contribution in [2.24, 2.45) is 0 Å². The molecule has 4 heteroatoms. The molecular weight excluding hydrogens is 230 g/mol. The number of epoxide rings is 1. The molecule has 0 bridgehead atoms. The first kappa shape index (κ1) is 11.5. The number of ether oxygens (including phenoxy) is 2. The molecule has 0 N–H and O–H groups in total. The lowest BCUT2D eigenvalue weighted by Gasteiger charge is -2.18. The molecule has 4 nitrogen and oxygen atoms in total. The lowest BCUT2D eigenvalue weighted by Crippen LogP contribution is -2.24. The van der Waals surface area contributed by atoms with Gasteiger partial charge in [-0.05, 0) is 12.5 Å². The zero-order valence-corrected chi connectivity index (χ0v) is 10.3. The highest BCUT2D eigenvalue weighted by atomic mass is 16.6. The summed E-state index contributed by atoms with van der Waals surface area (Å²) in [5.74, 6) is 1.11. The minimum atomic E-state index is 0.246. The molecule has 2 heterocycles. The molecule has 2 saturated heterocycles. The Morgan fingerprint density at radius 3 is 2.94 bits per heavy atom. The molecule has 0 saturated carbocycles. The van der Waals surface area contributed by atoms with Gasteiger partial charge in [0, 0.05) is 25.1 Å². The Labute approximate surface area is 106 Å². The predicted molar refractivity (Wildman–Crippen MR) is 66.3 cm³/mol. The number of rotatable bonds is 5. The number of likely N-dealkylation sites (tertiary alicyclic amines) is 1. The van der Waals surface area contributed by atoms with E-state index in [2.05, 4.69) is 0 Å². The van der Waals surface area contributed by atoms with Gasteiger partial charge in [-0.3, -0.25) is 4.79 Å². The molecule has 1 unspecified atom stereocenters. The van der Waals surface area contributed by atoms with Crippen LogP contribution in [0.15, 0.2) is 24.3 Å². The molecule has 96 valence electrons. The number of carbonyl (C=O) groups is 1. The summed E-state index contributed by atoms with van der Waals surface area (Å²) in [7, 11) is 0. The minimum absolute atomic E-state index is 0.246. The van der Waals surface area contributed by atoms with E-state index in [1.54, 1.807) is 0 Å². The number of hydrogen-bond donors (Lipinski definition) is 0. The standard InChI is InChI=1S/C14H17NO3/c16-14-6-3-7-15(14)8-11-4-1-2-5-13(11)18-10-12-9-17-12/h1-2,4-5,12H,3,6-10H2. The Kier molecular flexibility index (Phi) is 3.19. The first-order valence-electron chi connectivity index (χ1n) is 6.43. The summed E-state index contributed by atoms with van der Waals surface area (Å²) in [5, 5.41) is 0. The quantitative estimate of drug-likeness (QED) is 0.742. The zero-order chi connectivity index (χ0) is 12.4. The van der Waals surface area contributed by atoms with Crippen LogP contribution >= 0.6 is 0 Å². The van der Waals surface area contributed by atoms with Gasteiger partial charge in [-0.15, -0.1) is 0 Å². The summed E-state index contributed by atoms with van der Waals surface area (Å²) >= 11 is 0. The molecule has 0 aliphatic carbocycles. The maximum atomic E-state index is 11.6. The van der Waals surface area contributed by atoms with Gasteiger partial charge in [-0.25, -0.2) is 0 Å². The monoisotopic (exact) mass is 247 g/mol.